The molecular formula is C14H17NO. The molecule has 0 atom stereocenters. The lowest BCUT2D eigenvalue weighted by atomic mass is 9.74. The SMILES string of the molecule is CC1(C)CC(=O)C(c2ccccc2)=C(N)C1. The van der Waals surface area contributed by atoms with Gasteiger partial charge in [0.05, 0.1) is 0 Å². The molecule has 2 heteroatoms. The van der Waals surface area contributed by atoms with E-state index < -0.39 is 0 Å². The highest BCUT2D eigenvalue weighted by atomic mass is 16.1. The number of rotatable bonds is 1. The van der Waals surface area contributed by atoms with Gasteiger partial charge in [-0.3, -0.25) is 4.79 Å². The van der Waals surface area contributed by atoms with Gasteiger partial charge in [-0.25, -0.2) is 0 Å². The van der Waals surface area contributed by atoms with Crippen LogP contribution in [0.3, 0.4) is 0 Å². The lowest BCUT2D eigenvalue weighted by molar-refractivity contribution is -0.116. The van der Waals surface area contributed by atoms with Crippen LogP contribution >= 0.6 is 0 Å². The second-order valence-electron chi connectivity index (χ2n) is 5.21. The number of carbonyl (C=O) groups excluding carboxylic acids is 1. The average Bonchev–Trinajstić information content (AvgIpc) is 2.16. The van der Waals surface area contributed by atoms with Crippen molar-refractivity contribution < 1.29 is 4.79 Å². The van der Waals surface area contributed by atoms with E-state index in [-0.39, 0.29) is 11.2 Å². The Balaban J connectivity index is 2.45. The lowest BCUT2D eigenvalue weighted by Gasteiger charge is -2.30. The van der Waals surface area contributed by atoms with Gasteiger partial charge < -0.3 is 5.73 Å². The molecular weight excluding hydrogens is 198 g/mol. The molecule has 0 spiro atoms. The van der Waals surface area contributed by atoms with E-state index in [2.05, 4.69) is 13.8 Å². The summed E-state index contributed by atoms with van der Waals surface area (Å²) in [6, 6.07) is 9.69. The van der Waals surface area contributed by atoms with Gasteiger partial charge in [0.1, 0.15) is 0 Å². The first-order chi connectivity index (χ1) is 7.49. The second kappa shape index (κ2) is 3.78. The van der Waals surface area contributed by atoms with Crippen LogP contribution in [0.2, 0.25) is 0 Å². The summed E-state index contributed by atoms with van der Waals surface area (Å²) >= 11 is 0. The largest absolute Gasteiger partial charge is 0.401 e. The van der Waals surface area contributed by atoms with Crippen molar-refractivity contribution in [3.63, 3.8) is 0 Å². The Labute approximate surface area is 96.2 Å². The van der Waals surface area contributed by atoms with Crippen LogP contribution in [0.4, 0.5) is 0 Å². The van der Waals surface area contributed by atoms with Gasteiger partial charge in [-0.15, -0.1) is 0 Å². The van der Waals surface area contributed by atoms with Crippen molar-refractivity contribution in [2.45, 2.75) is 26.7 Å². The summed E-state index contributed by atoms with van der Waals surface area (Å²) in [4.78, 5) is 12.1. The van der Waals surface area contributed by atoms with E-state index in [1.807, 2.05) is 30.3 Å². The third kappa shape index (κ3) is 2.01. The summed E-state index contributed by atoms with van der Waals surface area (Å²) < 4.78 is 0. The van der Waals surface area contributed by atoms with E-state index in [4.69, 9.17) is 5.73 Å². The van der Waals surface area contributed by atoms with Crippen molar-refractivity contribution in [3.8, 4) is 0 Å². The molecule has 2 nitrogen and oxygen atoms in total. The van der Waals surface area contributed by atoms with Gasteiger partial charge in [-0.2, -0.15) is 0 Å². The number of nitrogens with two attached hydrogens (primary N) is 1. The first-order valence-corrected chi connectivity index (χ1v) is 5.57. The summed E-state index contributed by atoms with van der Waals surface area (Å²) in [6.45, 7) is 4.17. The summed E-state index contributed by atoms with van der Waals surface area (Å²) in [5.41, 5.74) is 8.43. The number of allylic oxidation sites excluding steroid dienone is 2. The molecule has 0 radical (unpaired) electrons. The molecule has 0 amide bonds. The predicted molar refractivity (Wildman–Crippen MR) is 65.6 cm³/mol. The zero-order chi connectivity index (χ0) is 11.8. The van der Waals surface area contributed by atoms with Crippen LogP contribution in [0.15, 0.2) is 36.0 Å². The van der Waals surface area contributed by atoms with E-state index in [9.17, 15) is 4.79 Å². The molecule has 0 aliphatic heterocycles. The highest BCUT2D eigenvalue weighted by Crippen LogP contribution is 2.38. The van der Waals surface area contributed by atoms with Gasteiger partial charge in [-0.1, -0.05) is 44.2 Å². The van der Waals surface area contributed by atoms with Crippen LogP contribution in [0, 0.1) is 5.41 Å². The van der Waals surface area contributed by atoms with Crippen molar-refractivity contribution in [1.82, 2.24) is 0 Å². The molecule has 0 fully saturated rings. The van der Waals surface area contributed by atoms with Gasteiger partial charge in [0, 0.05) is 17.7 Å². The molecule has 84 valence electrons. The zero-order valence-electron chi connectivity index (χ0n) is 9.79. The summed E-state index contributed by atoms with van der Waals surface area (Å²) in [5.74, 6) is 0.167. The fourth-order valence-corrected chi connectivity index (χ4v) is 2.32. The van der Waals surface area contributed by atoms with Crippen molar-refractivity contribution in [2.75, 3.05) is 0 Å². The maximum atomic E-state index is 12.1. The smallest absolute Gasteiger partial charge is 0.165 e. The molecule has 2 N–H and O–H groups in total. The quantitative estimate of drug-likeness (QED) is 0.782. The molecule has 1 aliphatic rings. The topological polar surface area (TPSA) is 43.1 Å². The van der Waals surface area contributed by atoms with Gasteiger partial charge in [0.2, 0.25) is 0 Å². The van der Waals surface area contributed by atoms with Crippen LogP contribution < -0.4 is 5.73 Å². The standard InChI is InChI=1S/C14H17NO/c1-14(2)8-11(15)13(12(16)9-14)10-6-4-3-5-7-10/h3-7H,8-9,15H2,1-2H3. The van der Waals surface area contributed by atoms with E-state index in [1.165, 1.54) is 0 Å². The van der Waals surface area contributed by atoms with E-state index in [0.29, 0.717) is 6.42 Å². The molecule has 0 bridgehead atoms. The fraction of sp³-hybridized carbons (Fsp3) is 0.357. The molecule has 0 saturated heterocycles. The predicted octanol–water partition coefficient (Wildman–Crippen LogP) is 2.75. The van der Waals surface area contributed by atoms with E-state index >= 15 is 0 Å². The highest BCUT2D eigenvalue weighted by molar-refractivity contribution is 6.22. The zero-order valence-corrected chi connectivity index (χ0v) is 9.79. The minimum Gasteiger partial charge on any atom is -0.401 e. The van der Waals surface area contributed by atoms with Crippen LogP contribution in [0.25, 0.3) is 5.57 Å². The third-order valence-electron chi connectivity index (χ3n) is 2.97. The third-order valence-corrected chi connectivity index (χ3v) is 2.97. The molecule has 1 aliphatic carbocycles. The lowest BCUT2D eigenvalue weighted by Crippen LogP contribution is -2.28. The summed E-state index contributed by atoms with van der Waals surface area (Å²) in [5, 5.41) is 0. The van der Waals surface area contributed by atoms with Crippen molar-refractivity contribution in [1.29, 1.82) is 0 Å². The average molecular weight is 215 g/mol. The molecule has 0 saturated carbocycles. The van der Waals surface area contributed by atoms with Gasteiger partial charge >= 0.3 is 0 Å². The summed E-state index contributed by atoms with van der Waals surface area (Å²) in [6.07, 6.45) is 1.38. The van der Waals surface area contributed by atoms with E-state index in [0.717, 1.165) is 23.3 Å². The Morgan fingerprint density at radius 1 is 1.12 bits per heavy atom. The van der Waals surface area contributed by atoms with Gasteiger partial charge in [0.15, 0.2) is 5.78 Å². The Morgan fingerprint density at radius 3 is 2.31 bits per heavy atom. The number of ketones is 1. The molecule has 1 aromatic rings. The highest BCUT2D eigenvalue weighted by Gasteiger charge is 2.32. The van der Waals surface area contributed by atoms with Crippen LogP contribution in [0.5, 0.6) is 0 Å². The molecule has 2 rings (SSSR count). The molecule has 1 aromatic carbocycles. The second-order valence-corrected chi connectivity index (χ2v) is 5.21. The van der Waals surface area contributed by atoms with Crippen molar-refractivity contribution in [3.05, 3.63) is 41.6 Å². The molecule has 0 heterocycles. The minimum absolute atomic E-state index is 0.000549. The first-order valence-electron chi connectivity index (χ1n) is 5.57. The Kier molecular flexibility index (Phi) is 2.58. The van der Waals surface area contributed by atoms with Gasteiger partial charge in [-0.05, 0) is 17.4 Å². The number of hydrogen-bond donors (Lipinski definition) is 1. The van der Waals surface area contributed by atoms with Crippen molar-refractivity contribution >= 4 is 11.4 Å². The Morgan fingerprint density at radius 2 is 1.75 bits per heavy atom. The van der Waals surface area contributed by atoms with Crippen LogP contribution in [0.1, 0.15) is 32.3 Å². The fourth-order valence-electron chi connectivity index (χ4n) is 2.32. The van der Waals surface area contributed by atoms with Crippen molar-refractivity contribution in [2.24, 2.45) is 11.1 Å². The number of benzene rings is 1. The maximum Gasteiger partial charge on any atom is 0.165 e. The first kappa shape index (κ1) is 10.9. The summed E-state index contributed by atoms with van der Waals surface area (Å²) in [7, 11) is 0. The molecule has 0 unspecified atom stereocenters. The van der Waals surface area contributed by atoms with E-state index in [1.54, 1.807) is 0 Å². The number of hydrogen-bond acceptors (Lipinski definition) is 2. The minimum atomic E-state index is -0.000549. The number of Topliss-reactive ketones (excluding diaryl/α,β-unsaturated/α-hetero) is 1. The van der Waals surface area contributed by atoms with Crippen LogP contribution in [-0.2, 0) is 4.79 Å². The van der Waals surface area contributed by atoms with Crippen LogP contribution in [-0.4, -0.2) is 5.78 Å². The van der Waals surface area contributed by atoms with Gasteiger partial charge in [0.25, 0.3) is 0 Å². The Hall–Kier alpha value is -1.57. The molecule has 0 aromatic heterocycles. The molecule has 16 heavy (non-hydrogen) atoms. The number of carbonyl (C=O) groups is 1. The Bertz CT molecular complexity index is 443. The maximum absolute atomic E-state index is 12.1. The normalized spacial score (nSPS) is 20.0. The monoisotopic (exact) mass is 215 g/mol.